The average Bonchev–Trinajstić information content (AvgIpc) is 3.11. The Morgan fingerprint density at radius 1 is 1.35 bits per heavy atom. The van der Waals surface area contributed by atoms with E-state index in [0.29, 0.717) is 29.3 Å². The van der Waals surface area contributed by atoms with E-state index in [2.05, 4.69) is 19.9 Å². The Balaban J connectivity index is 1.98. The van der Waals surface area contributed by atoms with Crippen LogP contribution in [0.4, 0.5) is 0 Å². The van der Waals surface area contributed by atoms with E-state index >= 15 is 0 Å². The van der Waals surface area contributed by atoms with Crippen molar-refractivity contribution in [1.82, 2.24) is 29.3 Å². The first-order chi connectivity index (χ1) is 11.0. The summed E-state index contributed by atoms with van der Waals surface area (Å²) in [6, 6.07) is -0.342. The Morgan fingerprint density at radius 2 is 2.13 bits per heavy atom. The van der Waals surface area contributed by atoms with E-state index in [9.17, 15) is 8.42 Å². The molecule has 126 valence electrons. The number of nitrogens with one attached hydrogen (secondary N) is 1. The van der Waals surface area contributed by atoms with Gasteiger partial charge in [0.05, 0.1) is 17.4 Å². The van der Waals surface area contributed by atoms with Gasteiger partial charge >= 0.3 is 0 Å². The van der Waals surface area contributed by atoms with Crippen LogP contribution in [0, 0.1) is 0 Å². The molecule has 0 fully saturated rings. The van der Waals surface area contributed by atoms with Crippen molar-refractivity contribution in [3.8, 4) is 0 Å². The van der Waals surface area contributed by atoms with Gasteiger partial charge in [0, 0.05) is 13.6 Å². The molecule has 8 nitrogen and oxygen atoms in total. The maximum absolute atomic E-state index is 13.0. The molecule has 1 aliphatic rings. The number of aryl methyl sites for hydroxylation is 3. The second kappa shape index (κ2) is 6.04. The number of aromatic nitrogens is 5. The summed E-state index contributed by atoms with van der Waals surface area (Å²) in [5.74, 6) is 0.680. The molecule has 3 rings (SSSR count). The van der Waals surface area contributed by atoms with Crippen molar-refractivity contribution in [1.29, 1.82) is 0 Å². The molecule has 0 aliphatic carbocycles. The van der Waals surface area contributed by atoms with Gasteiger partial charge in [0.2, 0.25) is 10.0 Å². The highest BCUT2D eigenvalue weighted by atomic mass is 32.2. The lowest BCUT2D eigenvalue weighted by atomic mass is 10.1. The first-order valence-electron chi connectivity index (χ1n) is 7.92. The van der Waals surface area contributed by atoms with Gasteiger partial charge < -0.3 is 0 Å². The van der Waals surface area contributed by atoms with Crippen LogP contribution >= 0.6 is 0 Å². The standard InChI is InChI=1S/C14H22N6O2S/c1-4-10-13(12(5-2)19(3)17-10)23(21,22)18-11-7-6-8-20-14(11)15-9-16-20/h9,11,18H,4-8H2,1-3H3/t11-/m0/s1. The Kier molecular flexibility index (Phi) is 4.24. The third-order valence-electron chi connectivity index (χ3n) is 4.24. The van der Waals surface area contributed by atoms with Crippen molar-refractivity contribution < 1.29 is 8.42 Å². The lowest BCUT2D eigenvalue weighted by Crippen LogP contribution is -2.34. The molecular formula is C14H22N6O2S. The zero-order chi connectivity index (χ0) is 16.6. The number of rotatable bonds is 5. The van der Waals surface area contributed by atoms with Crippen molar-refractivity contribution in [2.75, 3.05) is 0 Å². The maximum atomic E-state index is 13.0. The third kappa shape index (κ3) is 2.78. The summed E-state index contributed by atoms with van der Waals surface area (Å²) in [6.07, 6.45) is 4.26. The van der Waals surface area contributed by atoms with E-state index < -0.39 is 10.0 Å². The predicted molar refractivity (Wildman–Crippen MR) is 84.3 cm³/mol. The molecule has 0 amide bonds. The molecule has 0 spiro atoms. The average molecular weight is 338 g/mol. The Morgan fingerprint density at radius 3 is 2.83 bits per heavy atom. The topological polar surface area (TPSA) is 94.7 Å². The molecule has 0 saturated carbocycles. The van der Waals surface area contributed by atoms with E-state index in [0.717, 1.165) is 25.1 Å². The van der Waals surface area contributed by atoms with Crippen molar-refractivity contribution in [3.63, 3.8) is 0 Å². The molecule has 0 saturated heterocycles. The quantitative estimate of drug-likeness (QED) is 0.876. The number of nitrogens with zero attached hydrogens (tertiary/aromatic N) is 5. The largest absolute Gasteiger partial charge is 0.271 e. The molecule has 1 N–H and O–H groups in total. The fourth-order valence-electron chi connectivity index (χ4n) is 3.18. The maximum Gasteiger partial charge on any atom is 0.244 e. The minimum Gasteiger partial charge on any atom is -0.271 e. The summed E-state index contributed by atoms with van der Waals surface area (Å²) in [5.41, 5.74) is 1.33. The number of sulfonamides is 1. The van der Waals surface area contributed by atoms with E-state index in [1.807, 2.05) is 13.8 Å². The van der Waals surface area contributed by atoms with Gasteiger partial charge in [0.1, 0.15) is 17.0 Å². The van der Waals surface area contributed by atoms with E-state index in [1.54, 1.807) is 16.4 Å². The van der Waals surface area contributed by atoms with Crippen LogP contribution < -0.4 is 4.72 Å². The van der Waals surface area contributed by atoms with Gasteiger partial charge in [0.25, 0.3) is 0 Å². The van der Waals surface area contributed by atoms with E-state index in [-0.39, 0.29) is 6.04 Å². The van der Waals surface area contributed by atoms with Gasteiger partial charge in [-0.2, -0.15) is 10.2 Å². The van der Waals surface area contributed by atoms with Crippen LogP contribution in [-0.2, 0) is 36.5 Å². The molecule has 2 aromatic rings. The molecule has 9 heteroatoms. The Hall–Kier alpha value is -1.74. The van der Waals surface area contributed by atoms with Crippen molar-refractivity contribution in [3.05, 3.63) is 23.5 Å². The fourth-order valence-corrected chi connectivity index (χ4v) is 4.98. The minimum atomic E-state index is -3.66. The second-order valence-electron chi connectivity index (χ2n) is 5.71. The highest BCUT2D eigenvalue weighted by Gasteiger charge is 2.32. The summed E-state index contributed by atoms with van der Waals surface area (Å²) in [5, 5.41) is 8.49. The molecule has 1 atom stereocenters. The molecule has 23 heavy (non-hydrogen) atoms. The zero-order valence-electron chi connectivity index (χ0n) is 13.7. The molecule has 0 radical (unpaired) electrons. The first kappa shape index (κ1) is 16.1. The van der Waals surface area contributed by atoms with Crippen LogP contribution in [0.5, 0.6) is 0 Å². The summed E-state index contributed by atoms with van der Waals surface area (Å²) in [4.78, 5) is 4.53. The van der Waals surface area contributed by atoms with Crippen molar-refractivity contribution in [2.24, 2.45) is 7.05 Å². The fraction of sp³-hybridized carbons (Fsp3) is 0.643. The summed E-state index contributed by atoms with van der Waals surface area (Å²) in [6.45, 7) is 4.63. The monoisotopic (exact) mass is 338 g/mol. The van der Waals surface area contributed by atoms with Gasteiger partial charge in [-0.05, 0) is 25.7 Å². The SMILES string of the molecule is CCc1nn(C)c(CC)c1S(=O)(=O)N[C@H]1CCCn2ncnc21. The summed E-state index contributed by atoms with van der Waals surface area (Å²) in [7, 11) is -1.87. The van der Waals surface area contributed by atoms with Crippen LogP contribution in [-0.4, -0.2) is 33.0 Å². The molecule has 0 bridgehead atoms. The van der Waals surface area contributed by atoms with Crippen LogP contribution in [0.15, 0.2) is 11.2 Å². The molecule has 0 aromatic carbocycles. The van der Waals surface area contributed by atoms with Crippen LogP contribution in [0.2, 0.25) is 0 Å². The minimum absolute atomic E-state index is 0.321. The van der Waals surface area contributed by atoms with Crippen molar-refractivity contribution >= 4 is 10.0 Å². The van der Waals surface area contributed by atoms with Gasteiger partial charge in [-0.1, -0.05) is 13.8 Å². The number of fused-ring (bicyclic) bond motifs is 1. The molecule has 0 unspecified atom stereocenters. The second-order valence-corrected chi connectivity index (χ2v) is 7.36. The Bertz CT molecular complexity index is 807. The molecule has 1 aliphatic heterocycles. The smallest absolute Gasteiger partial charge is 0.244 e. The number of hydrogen-bond acceptors (Lipinski definition) is 5. The first-order valence-corrected chi connectivity index (χ1v) is 9.41. The normalized spacial score (nSPS) is 18.1. The summed E-state index contributed by atoms with van der Waals surface area (Å²) < 4.78 is 32.2. The van der Waals surface area contributed by atoms with Gasteiger partial charge in [0.15, 0.2) is 0 Å². The van der Waals surface area contributed by atoms with E-state index in [1.165, 1.54) is 6.33 Å². The van der Waals surface area contributed by atoms with Crippen LogP contribution in [0.25, 0.3) is 0 Å². The highest BCUT2D eigenvalue weighted by molar-refractivity contribution is 7.89. The zero-order valence-corrected chi connectivity index (χ0v) is 14.5. The predicted octanol–water partition coefficient (Wildman–Crippen LogP) is 0.950. The van der Waals surface area contributed by atoms with Gasteiger partial charge in [-0.15, -0.1) is 0 Å². The Labute approximate surface area is 136 Å². The molecule has 3 heterocycles. The highest BCUT2D eigenvalue weighted by Crippen LogP contribution is 2.27. The number of hydrogen-bond donors (Lipinski definition) is 1. The van der Waals surface area contributed by atoms with E-state index in [4.69, 9.17) is 0 Å². The lowest BCUT2D eigenvalue weighted by molar-refractivity contribution is 0.399. The van der Waals surface area contributed by atoms with Gasteiger partial charge in [-0.25, -0.2) is 22.8 Å². The molecule has 2 aromatic heterocycles. The van der Waals surface area contributed by atoms with Crippen molar-refractivity contribution in [2.45, 2.75) is 57.0 Å². The van der Waals surface area contributed by atoms with Crippen LogP contribution in [0.3, 0.4) is 0 Å². The molecular weight excluding hydrogens is 316 g/mol. The van der Waals surface area contributed by atoms with Gasteiger partial charge in [-0.3, -0.25) is 4.68 Å². The lowest BCUT2D eigenvalue weighted by Gasteiger charge is -2.23. The third-order valence-corrected chi connectivity index (χ3v) is 5.84. The summed E-state index contributed by atoms with van der Waals surface area (Å²) >= 11 is 0. The van der Waals surface area contributed by atoms with Crippen LogP contribution in [0.1, 0.15) is 49.9 Å².